The third-order valence-corrected chi connectivity index (χ3v) is 6.74. The monoisotopic (exact) mass is 421 g/mol. The molecule has 1 atom stereocenters. The fourth-order valence-corrected chi connectivity index (χ4v) is 4.99. The summed E-state index contributed by atoms with van der Waals surface area (Å²) in [5, 5.41) is 10.8. The number of sulfonamides is 1. The normalized spacial score (nSPS) is 12.7. The zero-order valence-electron chi connectivity index (χ0n) is 16.6. The van der Waals surface area contributed by atoms with Crippen molar-refractivity contribution in [1.82, 2.24) is 9.55 Å². The average Bonchev–Trinajstić information content (AvgIpc) is 3.15. The van der Waals surface area contributed by atoms with Gasteiger partial charge < -0.3 is 9.67 Å². The van der Waals surface area contributed by atoms with Gasteiger partial charge in [0.15, 0.2) is 0 Å². The summed E-state index contributed by atoms with van der Waals surface area (Å²) in [6.45, 7) is 2.06. The number of nitrogens with zero attached hydrogens (tertiary/aromatic N) is 3. The van der Waals surface area contributed by atoms with Gasteiger partial charge in [-0.1, -0.05) is 42.5 Å². The van der Waals surface area contributed by atoms with E-state index in [1.54, 1.807) is 48.8 Å². The molecule has 0 fully saturated rings. The number of aliphatic hydroxyl groups is 1. The zero-order valence-corrected chi connectivity index (χ0v) is 17.4. The molecule has 154 valence electrons. The van der Waals surface area contributed by atoms with Crippen LogP contribution in [0.25, 0.3) is 11.0 Å². The Morgan fingerprint density at radius 2 is 1.73 bits per heavy atom. The van der Waals surface area contributed by atoms with Gasteiger partial charge in [0, 0.05) is 0 Å². The number of hydrogen-bond acceptors (Lipinski definition) is 4. The lowest BCUT2D eigenvalue weighted by Crippen LogP contribution is -2.39. The van der Waals surface area contributed by atoms with Gasteiger partial charge in [-0.2, -0.15) is 0 Å². The molecule has 3 aromatic carbocycles. The molecule has 4 aromatic rings. The Hall–Kier alpha value is -3.16. The summed E-state index contributed by atoms with van der Waals surface area (Å²) in [6, 6.07) is 23.2. The number of hydrogen-bond donors (Lipinski definition) is 1. The van der Waals surface area contributed by atoms with E-state index in [9.17, 15) is 13.5 Å². The van der Waals surface area contributed by atoms with E-state index in [2.05, 4.69) is 4.98 Å². The smallest absolute Gasteiger partial charge is 0.264 e. The van der Waals surface area contributed by atoms with Crippen LogP contribution in [0.1, 0.15) is 5.56 Å². The molecule has 0 spiro atoms. The third kappa shape index (κ3) is 4.08. The first-order valence-electron chi connectivity index (χ1n) is 9.67. The number of aryl methyl sites for hydroxylation is 1. The quantitative estimate of drug-likeness (QED) is 0.495. The van der Waals surface area contributed by atoms with Gasteiger partial charge in [0.1, 0.15) is 0 Å². The van der Waals surface area contributed by atoms with Crippen LogP contribution in [0.4, 0.5) is 5.69 Å². The molecule has 7 heteroatoms. The standard InChI is InChI=1S/C23H23N3O3S/c1-18-8-7-9-19(14-18)26(30(28,29)21-10-3-2-4-11-21)16-20(27)15-25-17-24-22-12-5-6-13-23(22)25/h2-14,17,20,27H,15-16H2,1H3/t20-/m0/s1. The highest BCUT2D eigenvalue weighted by atomic mass is 32.2. The lowest BCUT2D eigenvalue weighted by molar-refractivity contribution is 0.164. The topological polar surface area (TPSA) is 75.4 Å². The first-order chi connectivity index (χ1) is 14.4. The van der Waals surface area contributed by atoms with Gasteiger partial charge in [-0.05, 0) is 48.9 Å². The number of imidazole rings is 1. The van der Waals surface area contributed by atoms with E-state index in [0.717, 1.165) is 16.6 Å². The van der Waals surface area contributed by atoms with Crippen molar-refractivity contribution in [2.24, 2.45) is 0 Å². The molecule has 6 nitrogen and oxygen atoms in total. The maximum Gasteiger partial charge on any atom is 0.264 e. The molecule has 1 heterocycles. The van der Waals surface area contributed by atoms with Crippen LogP contribution >= 0.6 is 0 Å². The SMILES string of the molecule is Cc1cccc(N(C[C@@H](O)Cn2cnc3ccccc32)S(=O)(=O)c2ccccc2)c1. The van der Waals surface area contributed by atoms with Crippen molar-refractivity contribution < 1.29 is 13.5 Å². The van der Waals surface area contributed by atoms with Gasteiger partial charge in [0.25, 0.3) is 10.0 Å². The fourth-order valence-electron chi connectivity index (χ4n) is 3.48. The van der Waals surface area contributed by atoms with Gasteiger partial charge in [-0.25, -0.2) is 13.4 Å². The second-order valence-corrected chi connectivity index (χ2v) is 9.09. The molecular formula is C23H23N3O3S. The van der Waals surface area contributed by atoms with Crippen LogP contribution in [0.3, 0.4) is 0 Å². The molecule has 30 heavy (non-hydrogen) atoms. The number of anilines is 1. The Kier molecular flexibility index (Phi) is 5.57. The summed E-state index contributed by atoms with van der Waals surface area (Å²) in [4.78, 5) is 4.52. The summed E-state index contributed by atoms with van der Waals surface area (Å²) in [6.07, 6.45) is 0.734. The van der Waals surface area contributed by atoms with Gasteiger partial charge in [-0.3, -0.25) is 4.31 Å². The number of benzene rings is 3. The second kappa shape index (κ2) is 8.30. The van der Waals surface area contributed by atoms with Crippen LogP contribution in [-0.2, 0) is 16.6 Å². The molecule has 0 bridgehead atoms. The Morgan fingerprint density at radius 3 is 2.50 bits per heavy atom. The highest BCUT2D eigenvalue weighted by molar-refractivity contribution is 7.92. The molecule has 0 amide bonds. The highest BCUT2D eigenvalue weighted by Gasteiger charge is 2.27. The third-order valence-electron chi connectivity index (χ3n) is 4.93. The predicted molar refractivity (Wildman–Crippen MR) is 118 cm³/mol. The lowest BCUT2D eigenvalue weighted by Gasteiger charge is -2.27. The summed E-state index contributed by atoms with van der Waals surface area (Å²) in [5.74, 6) is 0. The molecule has 0 unspecified atom stereocenters. The van der Waals surface area contributed by atoms with Crippen LogP contribution in [0.5, 0.6) is 0 Å². The first kappa shape index (κ1) is 20.1. The molecule has 0 aliphatic rings. The van der Waals surface area contributed by atoms with Gasteiger partial charge >= 0.3 is 0 Å². The summed E-state index contributed by atoms with van der Waals surface area (Å²) in [5.41, 5.74) is 3.19. The van der Waals surface area contributed by atoms with E-state index in [0.29, 0.717) is 5.69 Å². The highest BCUT2D eigenvalue weighted by Crippen LogP contribution is 2.25. The minimum Gasteiger partial charge on any atom is -0.389 e. The van der Waals surface area contributed by atoms with Crippen LogP contribution in [0.15, 0.2) is 90.1 Å². The summed E-state index contributed by atoms with van der Waals surface area (Å²) >= 11 is 0. The van der Waals surface area contributed by atoms with E-state index < -0.39 is 16.1 Å². The van der Waals surface area contributed by atoms with E-state index in [4.69, 9.17) is 0 Å². The van der Waals surface area contributed by atoms with E-state index in [1.165, 1.54) is 4.31 Å². The number of aliphatic hydroxyl groups excluding tert-OH is 1. The van der Waals surface area contributed by atoms with Gasteiger partial charge in [0.2, 0.25) is 0 Å². The van der Waals surface area contributed by atoms with Crippen molar-refractivity contribution in [2.45, 2.75) is 24.5 Å². The van der Waals surface area contributed by atoms with Crippen molar-refractivity contribution in [3.63, 3.8) is 0 Å². The Labute approximate surface area is 176 Å². The molecule has 0 saturated heterocycles. The van der Waals surface area contributed by atoms with Crippen molar-refractivity contribution in [3.8, 4) is 0 Å². The molecule has 0 saturated carbocycles. The molecule has 4 rings (SSSR count). The van der Waals surface area contributed by atoms with Crippen LogP contribution in [0.2, 0.25) is 0 Å². The van der Waals surface area contributed by atoms with Crippen molar-refractivity contribution in [1.29, 1.82) is 0 Å². The Bertz CT molecular complexity index is 1250. The predicted octanol–water partition coefficient (Wildman–Crippen LogP) is 3.60. The molecule has 0 aliphatic heterocycles. The Balaban J connectivity index is 1.66. The average molecular weight is 422 g/mol. The maximum absolute atomic E-state index is 13.4. The van der Waals surface area contributed by atoms with Gasteiger partial charge in [-0.15, -0.1) is 0 Å². The Morgan fingerprint density at radius 1 is 1.00 bits per heavy atom. The number of aromatic nitrogens is 2. The lowest BCUT2D eigenvalue weighted by atomic mass is 10.2. The van der Waals surface area contributed by atoms with Crippen molar-refractivity contribution >= 4 is 26.7 Å². The fraction of sp³-hybridized carbons (Fsp3) is 0.174. The molecular weight excluding hydrogens is 398 g/mol. The zero-order chi connectivity index (χ0) is 21.1. The van der Waals surface area contributed by atoms with E-state index >= 15 is 0 Å². The van der Waals surface area contributed by atoms with Crippen LogP contribution in [-0.4, -0.2) is 35.7 Å². The van der Waals surface area contributed by atoms with Crippen LogP contribution < -0.4 is 4.31 Å². The number of para-hydroxylation sites is 2. The van der Waals surface area contributed by atoms with E-state index in [-0.39, 0.29) is 18.0 Å². The van der Waals surface area contributed by atoms with Crippen molar-refractivity contribution in [2.75, 3.05) is 10.8 Å². The molecule has 0 radical (unpaired) electrons. The molecule has 0 aliphatic carbocycles. The second-order valence-electron chi connectivity index (χ2n) is 7.23. The largest absolute Gasteiger partial charge is 0.389 e. The van der Waals surface area contributed by atoms with Gasteiger partial charge in [0.05, 0.1) is 47.1 Å². The minimum atomic E-state index is -3.84. The summed E-state index contributed by atoms with van der Waals surface area (Å²) < 4.78 is 29.9. The number of rotatable bonds is 7. The summed E-state index contributed by atoms with van der Waals surface area (Å²) in [7, 11) is -3.84. The van der Waals surface area contributed by atoms with E-state index in [1.807, 2.05) is 47.9 Å². The van der Waals surface area contributed by atoms with Crippen molar-refractivity contribution in [3.05, 3.63) is 90.8 Å². The molecule has 1 N–H and O–H groups in total. The molecule has 1 aromatic heterocycles. The maximum atomic E-state index is 13.4. The first-order valence-corrected chi connectivity index (χ1v) is 11.1. The number of fused-ring (bicyclic) bond motifs is 1. The minimum absolute atomic E-state index is 0.0762. The van der Waals surface area contributed by atoms with Crippen LogP contribution in [0, 0.1) is 6.92 Å².